The van der Waals surface area contributed by atoms with Crippen molar-refractivity contribution in [2.24, 2.45) is 5.73 Å². The molecule has 0 heterocycles. The summed E-state index contributed by atoms with van der Waals surface area (Å²) in [5.41, 5.74) is 5.51. The fraction of sp³-hybridized carbons (Fsp3) is 0.923. The lowest BCUT2D eigenvalue weighted by atomic mass is 10.1. The largest absolute Gasteiger partial charge is 0.338 e. The number of nitrogens with two attached hydrogens (primary N) is 1. The van der Waals surface area contributed by atoms with E-state index < -0.39 is 14.6 Å². The normalized spacial score (nSPS) is 17.7. The van der Waals surface area contributed by atoms with Crippen LogP contribution in [0.3, 0.4) is 0 Å². The van der Waals surface area contributed by atoms with Crippen molar-refractivity contribution in [1.29, 1.82) is 0 Å². The molecule has 112 valence electrons. The Labute approximate surface area is 116 Å². The highest BCUT2D eigenvalue weighted by Gasteiger charge is 2.43. The average Bonchev–Trinajstić information content (AvgIpc) is 2.81. The van der Waals surface area contributed by atoms with Gasteiger partial charge in [0.05, 0.1) is 0 Å². The minimum Gasteiger partial charge on any atom is -0.338 e. The number of sulfone groups is 1. The molecule has 19 heavy (non-hydrogen) atoms. The van der Waals surface area contributed by atoms with E-state index in [0.29, 0.717) is 19.5 Å². The number of nitrogens with zero attached hydrogens (tertiary/aromatic N) is 1. The summed E-state index contributed by atoms with van der Waals surface area (Å²) in [6.07, 6.45) is 5.99. The molecular formula is C13H26N2O3S. The van der Waals surface area contributed by atoms with Crippen molar-refractivity contribution >= 4 is 15.7 Å². The Kier molecular flexibility index (Phi) is 5.38. The summed E-state index contributed by atoms with van der Waals surface area (Å²) < 4.78 is 22.3. The van der Waals surface area contributed by atoms with Crippen LogP contribution in [-0.4, -0.2) is 49.4 Å². The number of rotatable bonds is 6. The van der Waals surface area contributed by atoms with E-state index in [-0.39, 0.29) is 11.9 Å². The Morgan fingerprint density at radius 3 is 2.26 bits per heavy atom. The van der Waals surface area contributed by atoms with Crippen LogP contribution < -0.4 is 5.73 Å². The SMILES string of the molecule is CC(C)(C(=O)N(CCCN)C1CCCC1)S(C)(=O)=O. The Balaban J connectivity index is 2.93. The lowest BCUT2D eigenvalue weighted by molar-refractivity contribution is -0.135. The minimum absolute atomic E-state index is 0.181. The van der Waals surface area contributed by atoms with Gasteiger partial charge in [-0.3, -0.25) is 4.79 Å². The molecule has 1 rings (SSSR count). The molecule has 1 fully saturated rings. The van der Waals surface area contributed by atoms with Crippen LogP contribution in [-0.2, 0) is 14.6 Å². The number of hydrogen-bond donors (Lipinski definition) is 1. The van der Waals surface area contributed by atoms with Crippen molar-refractivity contribution in [2.75, 3.05) is 19.3 Å². The second kappa shape index (κ2) is 6.22. The van der Waals surface area contributed by atoms with E-state index in [2.05, 4.69) is 0 Å². The van der Waals surface area contributed by atoms with Crippen LogP contribution in [0, 0.1) is 0 Å². The highest BCUT2D eigenvalue weighted by atomic mass is 32.2. The van der Waals surface area contributed by atoms with Crippen molar-refractivity contribution in [2.45, 2.75) is 56.7 Å². The smallest absolute Gasteiger partial charge is 0.243 e. The van der Waals surface area contributed by atoms with Gasteiger partial charge in [0.15, 0.2) is 9.84 Å². The van der Waals surface area contributed by atoms with E-state index in [1.807, 2.05) is 0 Å². The molecule has 0 saturated heterocycles. The number of carbonyl (C=O) groups is 1. The van der Waals surface area contributed by atoms with Gasteiger partial charge >= 0.3 is 0 Å². The lowest BCUT2D eigenvalue weighted by Gasteiger charge is -2.35. The molecule has 0 aromatic rings. The van der Waals surface area contributed by atoms with Gasteiger partial charge in [-0.2, -0.15) is 0 Å². The predicted molar refractivity (Wildman–Crippen MR) is 76.6 cm³/mol. The summed E-state index contributed by atoms with van der Waals surface area (Å²) in [4.78, 5) is 14.4. The Morgan fingerprint density at radius 1 is 1.32 bits per heavy atom. The molecule has 0 aromatic heterocycles. The number of amides is 1. The van der Waals surface area contributed by atoms with Gasteiger partial charge in [0.25, 0.3) is 0 Å². The molecule has 0 radical (unpaired) electrons. The van der Waals surface area contributed by atoms with Gasteiger partial charge in [-0.1, -0.05) is 12.8 Å². The maximum absolute atomic E-state index is 12.6. The van der Waals surface area contributed by atoms with Gasteiger partial charge in [0.2, 0.25) is 5.91 Å². The first-order valence-corrected chi connectivity index (χ1v) is 8.81. The van der Waals surface area contributed by atoms with Gasteiger partial charge in [0.1, 0.15) is 4.75 Å². The zero-order valence-electron chi connectivity index (χ0n) is 12.2. The molecule has 1 amide bonds. The first-order chi connectivity index (χ1) is 8.71. The van der Waals surface area contributed by atoms with Crippen LogP contribution in [0.25, 0.3) is 0 Å². The van der Waals surface area contributed by atoms with Crippen molar-refractivity contribution < 1.29 is 13.2 Å². The lowest BCUT2D eigenvalue weighted by Crippen LogP contribution is -2.53. The van der Waals surface area contributed by atoms with Gasteiger partial charge in [-0.25, -0.2) is 8.42 Å². The molecule has 1 aliphatic carbocycles. The molecule has 5 nitrogen and oxygen atoms in total. The Morgan fingerprint density at radius 2 is 1.84 bits per heavy atom. The third-order valence-electron chi connectivity index (χ3n) is 4.07. The van der Waals surface area contributed by atoms with Crippen LogP contribution in [0.4, 0.5) is 0 Å². The van der Waals surface area contributed by atoms with Crippen molar-refractivity contribution in [3.63, 3.8) is 0 Å². The van der Waals surface area contributed by atoms with Gasteiger partial charge in [0, 0.05) is 18.8 Å². The van der Waals surface area contributed by atoms with Crippen molar-refractivity contribution in [3.8, 4) is 0 Å². The van der Waals surface area contributed by atoms with Crippen LogP contribution >= 0.6 is 0 Å². The molecule has 0 spiro atoms. The third kappa shape index (κ3) is 3.69. The summed E-state index contributed by atoms with van der Waals surface area (Å²) >= 11 is 0. The fourth-order valence-corrected chi connectivity index (χ4v) is 2.87. The van der Waals surface area contributed by atoms with E-state index in [1.54, 1.807) is 4.90 Å². The van der Waals surface area contributed by atoms with E-state index in [9.17, 15) is 13.2 Å². The summed E-state index contributed by atoms with van der Waals surface area (Å²) in [7, 11) is -3.42. The maximum Gasteiger partial charge on any atom is 0.243 e. The molecule has 1 saturated carbocycles. The molecule has 0 unspecified atom stereocenters. The van der Waals surface area contributed by atoms with Crippen molar-refractivity contribution in [3.05, 3.63) is 0 Å². The first kappa shape index (κ1) is 16.4. The standard InChI is InChI=1S/C13H26N2O3S/c1-13(2,19(3,17)18)12(16)15(10-6-9-14)11-7-4-5-8-11/h11H,4-10,14H2,1-3H3. The summed E-state index contributed by atoms with van der Waals surface area (Å²) in [5.74, 6) is -0.282. The second-order valence-electron chi connectivity index (χ2n) is 5.86. The molecule has 0 bridgehead atoms. The molecule has 6 heteroatoms. The summed E-state index contributed by atoms with van der Waals surface area (Å²) in [5, 5.41) is 0. The van der Waals surface area contributed by atoms with Crippen LogP contribution in [0.1, 0.15) is 46.0 Å². The molecule has 0 atom stereocenters. The molecule has 1 aliphatic rings. The Bertz CT molecular complexity index is 412. The maximum atomic E-state index is 12.6. The van der Waals surface area contributed by atoms with Crippen LogP contribution in [0.5, 0.6) is 0 Å². The first-order valence-electron chi connectivity index (χ1n) is 6.92. The molecule has 0 aliphatic heterocycles. The third-order valence-corrected chi connectivity index (χ3v) is 6.10. The topological polar surface area (TPSA) is 80.5 Å². The van der Waals surface area contributed by atoms with Gasteiger partial charge in [-0.05, 0) is 39.7 Å². The predicted octanol–water partition coefficient (Wildman–Crippen LogP) is 0.930. The van der Waals surface area contributed by atoms with Gasteiger partial charge < -0.3 is 10.6 Å². The van der Waals surface area contributed by atoms with E-state index in [0.717, 1.165) is 31.9 Å². The van der Waals surface area contributed by atoms with E-state index >= 15 is 0 Å². The van der Waals surface area contributed by atoms with E-state index in [1.165, 1.54) is 13.8 Å². The second-order valence-corrected chi connectivity index (χ2v) is 8.43. The summed E-state index contributed by atoms with van der Waals surface area (Å²) in [6, 6.07) is 0.181. The zero-order valence-corrected chi connectivity index (χ0v) is 13.0. The molecular weight excluding hydrogens is 264 g/mol. The number of hydrogen-bond acceptors (Lipinski definition) is 4. The molecule has 0 aromatic carbocycles. The highest BCUT2D eigenvalue weighted by molar-refractivity contribution is 7.92. The minimum atomic E-state index is -3.42. The Hall–Kier alpha value is -0.620. The zero-order chi connectivity index (χ0) is 14.7. The highest BCUT2D eigenvalue weighted by Crippen LogP contribution is 2.28. The summed E-state index contributed by atoms with van der Waals surface area (Å²) in [6.45, 7) is 4.05. The molecule has 2 N–H and O–H groups in total. The quantitative estimate of drug-likeness (QED) is 0.789. The number of carbonyl (C=O) groups excluding carboxylic acids is 1. The van der Waals surface area contributed by atoms with Crippen LogP contribution in [0.15, 0.2) is 0 Å². The van der Waals surface area contributed by atoms with E-state index in [4.69, 9.17) is 5.73 Å². The van der Waals surface area contributed by atoms with Crippen LogP contribution in [0.2, 0.25) is 0 Å². The average molecular weight is 290 g/mol. The fourth-order valence-electron chi connectivity index (χ4n) is 2.43. The van der Waals surface area contributed by atoms with Crippen molar-refractivity contribution in [1.82, 2.24) is 4.90 Å². The monoisotopic (exact) mass is 290 g/mol. The van der Waals surface area contributed by atoms with Gasteiger partial charge in [-0.15, -0.1) is 0 Å².